The number of ether oxygens (including phenoxy) is 2. The summed E-state index contributed by atoms with van der Waals surface area (Å²) in [6.07, 6.45) is 0.461. The number of nitrogens with zero attached hydrogens (tertiary/aromatic N) is 2. The number of carbonyl (C=O) groups is 4. The fourth-order valence-corrected chi connectivity index (χ4v) is 3.67. The molecule has 1 aromatic carbocycles. The van der Waals surface area contributed by atoms with Gasteiger partial charge in [0.25, 0.3) is 11.8 Å². The van der Waals surface area contributed by atoms with E-state index in [2.05, 4.69) is 15.6 Å². The van der Waals surface area contributed by atoms with Gasteiger partial charge in [0, 0.05) is 36.2 Å². The van der Waals surface area contributed by atoms with Crippen LogP contribution < -0.4 is 20.1 Å². The minimum Gasteiger partial charge on any atom is -0.496 e. The van der Waals surface area contributed by atoms with Crippen molar-refractivity contribution in [3.8, 4) is 11.6 Å². The zero-order valence-electron chi connectivity index (χ0n) is 16.9. The molecular weight excluding hydrogens is 404 g/mol. The van der Waals surface area contributed by atoms with Crippen molar-refractivity contribution < 1.29 is 28.7 Å². The highest BCUT2D eigenvalue weighted by Crippen LogP contribution is 2.29. The van der Waals surface area contributed by atoms with E-state index in [9.17, 15) is 19.2 Å². The third kappa shape index (κ3) is 3.91. The largest absolute Gasteiger partial charge is 0.496 e. The second-order valence-electron chi connectivity index (χ2n) is 7.16. The van der Waals surface area contributed by atoms with Gasteiger partial charge in [-0.15, -0.1) is 0 Å². The zero-order chi connectivity index (χ0) is 22.1. The van der Waals surface area contributed by atoms with E-state index in [1.54, 1.807) is 24.3 Å². The molecule has 1 atom stereocenters. The van der Waals surface area contributed by atoms with Crippen LogP contribution in [-0.4, -0.2) is 53.8 Å². The number of imide groups is 1. The minimum atomic E-state index is -0.705. The molecule has 3 heterocycles. The standard InChI is InChI=1S/C21H20N4O6/c1-30-13-8-16(22-18(9-13)31-2)23-19(27)11-3-4-14-12(7-11)10-25(21(14)29)15-5-6-17(26)24-20(15)28/h3-4,7-9,15H,5-6,10H2,1-2H3,(H,22,23,27)(H,24,26,28). The lowest BCUT2D eigenvalue weighted by atomic mass is 10.0. The molecule has 0 saturated carbocycles. The number of carbonyl (C=O) groups excluding carboxylic acids is 4. The number of rotatable bonds is 5. The number of benzene rings is 1. The molecule has 31 heavy (non-hydrogen) atoms. The highest BCUT2D eigenvalue weighted by molar-refractivity contribution is 6.07. The third-order valence-corrected chi connectivity index (χ3v) is 5.25. The molecule has 0 aliphatic carbocycles. The van der Waals surface area contributed by atoms with Gasteiger partial charge in [-0.1, -0.05) is 0 Å². The summed E-state index contributed by atoms with van der Waals surface area (Å²) < 4.78 is 10.3. The first-order chi connectivity index (χ1) is 14.9. The molecular formula is C21H20N4O6. The number of piperidine rings is 1. The summed E-state index contributed by atoms with van der Waals surface area (Å²) in [6, 6.07) is 7.16. The van der Waals surface area contributed by atoms with Gasteiger partial charge in [-0.25, -0.2) is 0 Å². The maximum absolute atomic E-state index is 12.8. The van der Waals surface area contributed by atoms with E-state index in [-0.39, 0.29) is 42.9 Å². The van der Waals surface area contributed by atoms with Crippen LogP contribution in [0.25, 0.3) is 0 Å². The fourth-order valence-electron chi connectivity index (χ4n) is 3.67. The van der Waals surface area contributed by atoms with Crippen molar-refractivity contribution in [2.24, 2.45) is 0 Å². The number of pyridine rings is 1. The van der Waals surface area contributed by atoms with Crippen LogP contribution >= 0.6 is 0 Å². The topological polar surface area (TPSA) is 127 Å². The van der Waals surface area contributed by atoms with Gasteiger partial charge in [-0.2, -0.15) is 4.98 Å². The summed E-state index contributed by atoms with van der Waals surface area (Å²) in [5.74, 6) is -0.521. The van der Waals surface area contributed by atoms with E-state index in [1.807, 2.05) is 0 Å². The van der Waals surface area contributed by atoms with Crippen LogP contribution in [0, 0.1) is 0 Å². The molecule has 2 aliphatic rings. The second-order valence-corrected chi connectivity index (χ2v) is 7.16. The maximum atomic E-state index is 12.8. The van der Waals surface area contributed by atoms with Crippen LogP contribution in [0.3, 0.4) is 0 Å². The van der Waals surface area contributed by atoms with E-state index in [1.165, 1.54) is 25.2 Å². The van der Waals surface area contributed by atoms with Crippen LogP contribution in [0.2, 0.25) is 0 Å². The fraction of sp³-hybridized carbons (Fsp3) is 0.286. The third-order valence-electron chi connectivity index (χ3n) is 5.25. The molecule has 2 aliphatic heterocycles. The van der Waals surface area contributed by atoms with Crippen molar-refractivity contribution in [2.45, 2.75) is 25.4 Å². The van der Waals surface area contributed by atoms with Crippen LogP contribution in [0.15, 0.2) is 30.3 Å². The Bertz CT molecular complexity index is 1080. The van der Waals surface area contributed by atoms with E-state index < -0.39 is 17.9 Å². The Hall–Kier alpha value is -3.95. The summed E-state index contributed by atoms with van der Waals surface area (Å²) in [7, 11) is 2.95. The summed E-state index contributed by atoms with van der Waals surface area (Å²) in [5.41, 5.74) is 1.40. The SMILES string of the molecule is COc1cc(NC(=O)c2ccc3c(c2)CN(C2CCC(=O)NC2=O)C3=O)nc(OC)c1. The van der Waals surface area contributed by atoms with Crippen molar-refractivity contribution in [3.05, 3.63) is 47.0 Å². The van der Waals surface area contributed by atoms with Crippen LogP contribution in [0.5, 0.6) is 11.6 Å². The average molecular weight is 424 g/mol. The number of aromatic nitrogens is 1. The lowest BCUT2D eigenvalue weighted by Gasteiger charge is -2.29. The molecule has 2 aromatic rings. The first-order valence-electron chi connectivity index (χ1n) is 9.58. The van der Waals surface area contributed by atoms with E-state index in [0.29, 0.717) is 22.4 Å². The normalized spacial score (nSPS) is 17.8. The minimum absolute atomic E-state index is 0.182. The number of hydrogen-bond acceptors (Lipinski definition) is 7. The van der Waals surface area contributed by atoms with Crippen LogP contribution in [0.1, 0.15) is 39.1 Å². The maximum Gasteiger partial charge on any atom is 0.256 e. The van der Waals surface area contributed by atoms with Gasteiger partial charge in [0.05, 0.1) is 14.2 Å². The highest BCUT2D eigenvalue weighted by Gasteiger charge is 2.39. The molecule has 1 aromatic heterocycles. The van der Waals surface area contributed by atoms with Crippen LogP contribution in [-0.2, 0) is 16.1 Å². The van der Waals surface area contributed by atoms with E-state index >= 15 is 0 Å². The van der Waals surface area contributed by atoms with Crippen molar-refractivity contribution in [3.63, 3.8) is 0 Å². The molecule has 2 N–H and O–H groups in total. The first-order valence-corrected chi connectivity index (χ1v) is 9.58. The summed E-state index contributed by atoms with van der Waals surface area (Å²) in [6.45, 7) is 0.187. The van der Waals surface area contributed by atoms with E-state index in [0.717, 1.165) is 0 Å². The smallest absolute Gasteiger partial charge is 0.256 e. The number of anilines is 1. The lowest BCUT2D eigenvalue weighted by Crippen LogP contribution is -2.52. The molecule has 4 rings (SSSR count). The Morgan fingerprint density at radius 2 is 1.97 bits per heavy atom. The monoisotopic (exact) mass is 424 g/mol. The predicted octanol–water partition coefficient (Wildman–Crippen LogP) is 1.11. The van der Waals surface area contributed by atoms with E-state index in [4.69, 9.17) is 9.47 Å². The number of nitrogens with one attached hydrogen (secondary N) is 2. The molecule has 160 valence electrons. The average Bonchev–Trinajstić information content (AvgIpc) is 3.09. The zero-order valence-corrected chi connectivity index (χ0v) is 16.9. The lowest BCUT2D eigenvalue weighted by molar-refractivity contribution is -0.136. The van der Waals surface area contributed by atoms with Gasteiger partial charge in [0.1, 0.15) is 17.6 Å². The molecule has 0 bridgehead atoms. The highest BCUT2D eigenvalue weighted by atomic mass is 16.5. The summed E-state index contributed by atoms with van der Waals surface area (Å²) in [4.78, 5) is 54.6. The van der Waals surface area contributed by atoms with Crippen molar-refractivity contribution in [2.75, 3.05) is 19.5 Å². The van der Waals surface area contributed by atoms with Gasteiger partial charge >= 0.3 is 0 Å². The molecule has 4 amide bonds. The Balaban J connectivity index is 1.52. The van der Waals surface area contributed by atoms with Crippen molar-refractivity contribution >= 4 is 29.4 Å². The predicted molar refractivity (Wildman–Crippen MR) is 108 cm³/mol. The quantitative estimate of drug-likeness (QED) is 0.689. The summed E-state index contributed by atoms with van der Waals surface area (Å²) >= 11 is 0. The number of methoxy groups -OCH3 is 2. The Morgan fingerprint density at radius 1 is 1.16 bits per heavy atom. The van der Waals surface area contributed by atoms with Gasteiger partial charge in [-0.05, 0) is 30.2 Å². The number of fused-ring (bicyclic) bond motifs is 1. The van der Waals surface area contributed by atoms with Gasteiger partial charge < -0.3 is 19.7 Å². The summed E-state index contributed by atoms with van der Waals surface area (Å²) in [5, 5.41) is 4.95. The van der Waals surface area contributed by atoms with Gasteiger partial charge in [0.15, 0.2) is 0 Å². The Kier molecular flexibility index (Phi) is 5.28. The molecule has 10 heteroatoms. The second kappa shape index (κ2) is 8.05. The molecule has 10 nitrogen and oxygen atoms in total. The van der Waals surface area contributed by atoms with Crippen molar-refractivity contribution in [1.82, 2.24) is 15.2 Å². The molecule has 0 radical (unpaired) electrons. The van der Waals surface area contributed by atoms with Gasteiger partial charge in [0.2, 0.25) is 17.7 Å². The Morgan fingerprint density at radius 3 is 2.68 bits per heavy atom. The van der Waals surface area contributed by atoms with Gasteiger partial charge in [-0.3, -0.25) is 24.5 Å². The van der Waals surface area contributed by atoms with Crippen LogP contribution in [0.4, 0.5) is 5.82 Å². The Labute approximate surface area is 177 Å². The van der Waals surface area contributed by atoms with Crippen molar-refractivity contribution in [1.29, 1.82) is 0 Å². The number of amides is 4. The molecule has 0 spiro atoms. The number of hydrogen-bond donors (Lipinski definition) is 2. The molecule has 1 unspecified atom stereocenters. The first kappa shape index (κ1) is 20.3. The molecule has 1 saturated heterocycles. The molecule has 1 fully saturated rings.